The first-order valence-corrected chi connectivity index (χ1v) is 11.1. The zero-order valence-electron chi connectivity index (χ0n) is 16.5. The van der Waals surface area contributed by atoms with Crippen LogP contribution >= 0.6 is 34.8 Å². The molecule has 31 heavy (non-hydrogen) atoms. The molecule has 4 rings (SSSR count). The highest BCUT2D eigenvalue weighted by Crippen LogP contribution is 2.38. The van der Waals surface area contributed by atoms with E-state index in [2.05, 4.69) is 4.98 Å². The van der Waals surface area contributed by atoms with E-state index in [9.17, 15) is 9.59 Å². The third-order valence-corrected chi connectivity index (χ3v) is 6.58. The first kappa shape index (κ1) is 21.9. The number of benzene rings is 2. The Morgan fingerprint density at radius 1 is 0.968 bits per heavy atom. The van der Waals surface area contributed by atoms with E-state index in [1.165, 1.54) is 0 Å². The van der Waals surface area contributed by atoms with E-state index in [0.29, 0.717) is 45.8 Å². The van der Waals surface area contributed by atoms with Crippen LogP contribution in [0, 0.1) is 0 Å². The van der Waals surface area contributed by atoms with Crippen LogP contribution in [0.25, 0.3) is 22.2 Å². The summed E-state index contributed by atoms with van der Waals surface area (Å²) < 4.78 is 5.38. The zero-order chi connectivity index (χ0) is 22.0. The Hall–Kier alpha value is -2.34. The van der Waals surface area contributed by atoms with Gasteiger partial charge in [0.1, 0.15) is 0 Å². The summed E-state index contributed by atoms with van der Waals surface area (Å²) in [6.07, 6.45) is 3.07. The van der Waals surface area contributed by atoms with Gasteiger partial charge in [-0.25, -0.2) is 9.78 Å². The van der Waals surface area contributed by atoms with Crippen LogP contribution in [-0.2, 0) is 9.53 Å². The average Bonchev–Trinajstić information content (AvgIpc) is 2.80. The Labute approximate surface area is 194 Å². The molecule has 0 aliphatic carbocycles. The van der Waals surface area contributed by atoms with Crippen molar-refractivity contribution in [1.82, 2.24) is 9.88 Å². The van der Waals surface area contributed by atoms with E-state index >= 15 is 0 Å². The lowest BCUT2D eigenvalue weighted by atomic mass is 10.0. The smallest absolute Gasteiger partial charge is 0.339 e. The molecule has 2 heterocycles. The number of hydrogen-bond donors (Lipinski definition) is 0. The number of amides is 1. The van der Waals surface area contributed by atoms with Gasteiger partial charge >= 0.3 is 5.97 Å². The molecule has 0 atom stereocenters. The van der Waals surface area contributed by atoms with Crippen LogP contribution in [0.5, 0.6) is 0 Å². The highest BCUT2D eigenvalue weighted by atomic mass is 35.5. The van der Waals surface area contributed by atoms with Gasteiger partial charge in [-0.05, 0) is 43.5 Å². The Balaban J connectivity index is 1.66. The van der Waals surface area contributed by atoms with Crippen LogP contribution in [-0.4, -0.2) is 41.5 Å². The van der Waals surface area contributed by atoms with Crippen LogP contribution in [0.15, 0.2) is 42.5 Å². The Morgan fingerprint density at radius 3 is 2.48 bits per heavy atom. The summed E-state index contributed by atoms with van der Waals surface area (Å²) in [5.41, 5.74) is 1.89. The lowest BCUT2D eigenvalue weighted by Gasteiger charge is -2.26. The quantitative estimate of drug-likeness (QED) is 0.340. The van der Waals surface area contributed by atoms with Crippen LogP contribution in [0.3, 0.4) is 0 Å². The Morgan fingerprint density at radius 2 is 1.71 bits per heavy atom. The van der Waals surface area contributed by atoms with Gasteiger partial charge in [-0.1, -0.05) is 53.0 Å². The van der Waals surface area contributed by atoms with Gasteiger partial charge in [0.2, 0.25) is 0 Å². The normalized spacial score (nSPS) is 14.0. The summed E-state index contributed by atoms with van der Waals surface area (Å²) in [7, 11) is 0. The van der Waals surface area contributed by atoms with Gasteiger partial charge in [-0.2, -0.15) is 0 Å². The minimum Gasteiger partial charge on any atom is -0.452 e. The SMILES string of the molecule is O=C(OCC(=O)N1CCCCC1)c1cc(-c2ccc(Cl)c(Cl)c2Cl)nc2ccccc12. The van der Waals surface area contributed by atoms with Crippen molar-refractivity contribution in [1.29, 1.82) is 0 Å². The van der Waals surface area contributed by atoms with Crippen molar-refractivity contribution >= 4 is 57.6 Å². The molecule has 0 unspecified atom stereocenters. The molecule has 0 radical (unpaired) electrons. The fourth-order valence-corrected chi connectivity index (χ4v) is 4.28. The molecule has 3 aromatic rings. The molecule has 1 amide bonds. The molecule has 1 aromatic heterocycles. The van der Waals surface area contributed by atoms with Crippen LogP contribution in [0.4, 0.5) is 0 Å². The maximum Gasteiger partial charge on any atom is 0.339 e. The molecule has 0 spiro atoms. The lowest BCUT2D eigenvalue weighted by Crippen LogP contribution is -2.38. The van der Waals surface area contributed by atoms with Gasteiger partial charge in [0, 0.05) is 24.0 Å². The minimum atomic E-state index is -0.596. The number of ether oxygens (including phenoxy) is 1. The summed E-state index contributed by atoms with van der Waals surface area (Å²) in [4.78, 5) is 31.7. The summed E-state index contributed by atoms with van der Waals surface area (Å²) in [6, 6.07) is 12.1. The number of hydrogen-bond acceptors (Lipinski definition) is 4. The van der Waals surface area contributed by atoms with Gasteiger partial charge < -0.3 is 9.64 Å². The molecule has 1 fully saturated rings. The third kappa shape index (κ3) is 4.64. The van der Waals surface area contributed by atoms with E-state index in [0.717, 1.165) is 19.3 Å². The summed E-state index contributed by atoms with van der Waals surface area (Å²) >= 11 is 18.6. The average molecular weight is 478 g/mol. The van der Waals surface area contributed by atoms with Crippen molar-refractivity contribution < 1.29 is 14.3 Å². The number of carbonyl (C=O) groups is 2. The van der Waals surface area contributed by atoms with E-state index in [1.807, 2.05) is 12.1 Å². The highest BCUT2D eigenvalue weighted by Gasteiger charge is 2.21. The highest BCUT2D eigenvalue weighted by molar-refractivity contribution is 6.49. The number of likely N-dealkylation sites (tertiary alicyclic amines) is 1. The number of para-hydroxylation sites is 1. The van der Waals surface area contributed by atoms with Crippen molar-refractivity contribution in [2.75, 3.05) is 19.7 Å². The summed E-state index contributed by atoms with van der Waals surface area (Å²) in [6.45, 7) is 1.11. The summed E-state index contributed by atoms with van der Waals surface area (Å²) in [5.74, 6) is -0.777. The maximum absolute atomic E-state index is 12.9. The standard InChI is InChI=1S/C23H19Cl3N2O3/c24-17-9-8-15(21(25)22(17)26)19-12-16(14-6-2-3-7-18(14)27-19)23(30)31-13-20(29)28-10-4-1-5-11-28/h2-3,6-9,12H,1,4-5,10-11,13H2. The number of fused-ring (bicyclic) bond motifs is 1. The molecular weight excluding hydrogens is 459 g/mol. The molecule has 2 aromatic carbocycles. The molecule has 160 valence electrons. The monoisotopic (exact) mass is 476 g/mol. The number of rotatable bonds is 4. The Kier molecular flexibility index (Phi) is 6.65. The largest absolute Gasteiger partial charge is 0.452 e. The van der Waals surface area contributed by atoms with Crippen molar-refractivity contribution in [2.24, 2.45) is 0 Å². The molecule has 0 bridgehead atoms. The fourth-order valence-electron chi connectivity index (χ4n) is 3.65. The molecule has 1 aliphatic rings. The number of pyridine rings is 1. The molecule has 1 aliphatic heterocycles. The molecule has 1 saturated heterocycles. The molecule has 5 nitrogen and oxygen atoms in total. The van der Waals surface area contributed by atoms with E-state index in [-0.39, 0.29) is 22.6 Å². The number of carbonyl (C=O) groups excluding carboxylic acids is 2. The molecule has 0 N–H and O–H groups in total. The topological polar surface area (TPSA) is 59.5 Å². The minimum absolute atomic E-state index is 0.181. The van der Waals surface area contributed by atoms with E-state index in [4.69, 9.17) is 39.5 Å². The number of piperidine rings is 1. The van der Waals surface area contributed by atoms with Crippen molar-refractivity contribution in [3.8, 4) is 11.3 Å². The molecule has 0 saturated carbocycles. The van der Waals surface area contributed by atoms with E-state index < -0.39 is 5.97 Å². The summed E-state index contributed by atoms with van der Waals surface area (Å²) in [5, 5.41) is 1.41. The fraction of sp³-hybridized carbons (Fsp3) is 0.261. The number of nitrogens with zero attached hydrogens (tertiary/aromatic N) is 2. The van der Waals surface area contributed by atoms with Gasteiger partial charge in [-0.3, -0.25) is 4.79 Å². The van der Waals surface area contributed by atoms with Crippen molar-refractivity contribution in [2.45, 2.75) is 19.3 Å². The van der Waals surface area contributed by atoms with Gasteiger partial charge in [0.05, 0.1) is 31.8 Å². The first-order valence-electron chi connectivity index (χ1n) is 9.94. The second kappa shape index (κ2) is 9.43. The van der Waals surface area contributed by atoms with Gasteiger partial charge in [0.15, 0.2) is 6.61 Å². The van der Waals surface area contributed by atoms with Gasteiger partial charge in [0.25, 0.3) is 5.91 Å². The Bertz CT molecular complexity index is 1160. The van der Waals surface area contributed by atoms with Crippen LogP contribution < -0.4 is 0 Å². The third-order valence-electron chi connectivity index (χ3n) is 5.28. The number of esters is 1. The zero-order valence-corrected chi connectivity index (χ0v) is 18.8. The van der Waals surface area contributed by atoms with E-state index in [1.54, 1.807) is 35.2 Å². The molecule has 8 heteroatoms. The van der Waals surface area contributed by atoms with Crippen molar-refractivity contribution in [3.05, 3.63) is 63.1 Å². The predicted molar refractivity (Wildman–Crippen MR) is 123 cm³/mol. The van der Waals surface area contributed by atoms with Crippen LogP contribution in [0.2, 0.25) is 15.1 Å². The number of halogens is 3. The second-order valence-corrected chi connectivity index (χ2v) is 8.48. The van der Waals surface area contributed by atoms with Crippen LogP contribution in [0.1, 0.15) is 29.6 Å². The lowest BCUT2D eigenvalue weighted by molar-refractivity contribution is -0.135. The predicted octanol–water partition coefficient (Wildman–Crippen LogP) is 6.03. The maximum atomic E-state index is 12.9. The number of aromatic nitrogens is 1. The van der Waals surface area contributed by atoms with Gasteiger partial charge in [-0.15, -0.1) is 0 Å². The second-order valence-electron chi connectivity index (χ2n) is 7.31. The first-order chi connectivity index (χ1) is 15.0. The van der Waals surface area contributed by atoms with Crippen molar-refractivity contribution in [3.63, 3.8) is 0 Å². The molecular formula is C23H19Cl3N2O3.